The monoisotopic (exact) mass is 326 g/mol. The van der Waals surface area contributed by atoms with Crippen molar-refractivity contribution in [1.82, 2.24) is 10.0 Å². The highest BCUT2D eigenvalue weighted by Gasteiger charge is 2.18. The molecule has 1 amide bonds. The lowest BCUT2D eigenvalue weighted by atomic mass is 9.87. The van der Waals surface area contributed by atoms with Gasteiger partial charge < -0.3 is 5.32 Å². The molecular weight excluding hydrogens is 300 g/mol. The van der Waals surface area contributed by atoms with E-state index < -0.39 is 10.0 Å². The molecule has 1 rings (SSSR count). The summed E-state index contributed by atoms with van der Waals surface area (Å²) in [5.74, 6) is -0.329. The molecule has 5 nitrogen and oxygen atoms in total. The van der Waals surface area contributed by atoms with Gasteiger partial charge in [0.1, 0.15) is 0 Å². The SMILES string of the molecule is CCC(C)NC(=O)CNS(=O)(=O)c1ccc(C(C)(C)C)cc1. The molecule has 1 unspecified atom stereocenters. The van der Waals surface area contributed by atoms with E-state index >= 15 is 0 Å². The Balaban J connectivity index is 2.73. The zero-order valence-corrected chi connectivity index (χ0v) is 14.8. The van der Waals surface area contributed by atoms with E-state index in [-0.39, 0.29) is 28.8 Å². The molecule has 6 heteroatoms. The average Bonchev–Trinajstić information content (AvgIpc) is 2.44. The van der Waals surface area contributed by atoms with Gasteiger partial charge in [-0.05, 0) is 36.5 Å². The molecule has 22 heavy (non-hydrogen) atoms. The van der Waals surface area contributed by atoms with Crippen molar-refractivity contribution < 1.29 is 13.2 Å². The maximum atomic E-state index is 12.2. The van der Waals surface area contributed by atoms with Gasteiger partial charge in [-0.1, -0.05) is 39.8 Å². The summed E-state index contributed by atoms with van der Waals surface area (Å²) in [6.07, 6.45) is 0.798. The molecule has 0 aliphatic carbocycles. The molecule has 0 aliphatic rings. The molecule has 0 saturated heterocycles. The summed E-state index contributed by atoms with van der Waals surface area (Å²) < 4.78 is 26.6. The second-order valence-corrected chi connectivity index (χ2v) is 8.24. The third-order valence-corrected chi connectivity index (χ3v) is 4.89. The molecule has 0 aliphatic heterocycles. The van der Waals surface area contributed by atoms with Crippen molar-refractivity contribution in [3.63, 3.8) is 0 Å². The molecule has 0 radical (unpaired) electrons. The fourth-order valence-electron chi connectivity index (χ4n) is 1.81. The lowest BCUT2D eigenvalue weighted by molar-refractivity contribution is -0.120. The van der Waals surface area contributed by atoms with Crippen LogP contribution in [0.15, 0.2) is 29.2 Å². The Hall–Kier alpha value is -1.40. The van der Waals surface area contributed by atoms with Crippen molar-refractivity contribution in [2.75, 3.05) is 6.54 Å². The minimum absolute atomic E-state index is 0.0306. The Kier molecular flexibility index (Phi) is 6.14. The average molecular weight is 326 g/mol. The third-order valence-electron chi connectivity index (χ3n) is 3.47. The second-order valence-electron chi connectivity index (χ2n) is 6.48. The molecule has 0 fully saturated rings. The van der Waals surface area contributed by atoms with Gasteiger partial charge in [0.05, 0.1) is 11.4 Å². The molecule has 2 N–H and O–H groups in total. The van der Waals surface area contributed by atoms with Crippen molar-refractivity contribution in [2.45, 2.75) is 57.4 Å². The number of benzene rings is 1. The Labute approximate surface area is 133 Å². The van der Waals surface area contributed by atoms with E-state index in [2.05, 4.69) is 30.8 Å². The van der Waals surface area contributed by atoms with Gasteiger partial charge in [0.2, 0.25) is 15.9 Å². The van der Waals surface area contributed by atoms with Crippen LogP contribution in [0.3, 0.4) is 0 Å². The summed E-state index contributed by atoms with van der Waals surface area (Å²) in [5, 5.41) is 2.72. The van der Waals surface area contributed by atoms with Crippen LogP contribution in [0, 0.1) is 0 Å². The molecule has 0 spiro atoms. The number of carbonyl (C=O) groups is 1. The zero-order valence-electron chi connectivity index (χ0n) is 13.9. The number of hydrogen-bond acceptors (Lipinski definition) is 3. The minimum atomic E-state index is -3.67. The van der Waals surface area contributed by atoms with Gasteiger partial charge in [0, 0.05) is 6.04 Å². The van der Waals surface area contributed by atoms with Gasteiger partial charge in [-0.25, -0.2) is 13.1 Å². The number of hydrogen-bond donors (Lipinski definition) is 2. The van der Waals surface area contributed by atoms with Gasteiger partial charge in [-0.2, -0.15) is 0 Å². The van der Waals surface area contributed by atoms with Gasteiger partial charge in [-0.15, -0.1) is 0 Å². The number of carbonyl (C=O) groups excluding carboxylic acids is 1. The molecule has 0 bridgehead atoms. The van der Waals surface area contributed by atoms with E-state index in [0.29, 0.717) is 0 Å². The van der Waals surface area contributed by atoms with Crippen molar-refractivity contribution >= 4 is 15.9 Å². The number of nitrogens with one attached hydrogen (secondary N) is 2. The largest absolute Gasteiger partial charge is 0.353 e. The first kappa shape index (κ1) is 18.6. The molecule has 0 saturated carbocycles. The summed E-state index contributed by atoms with van der Waals surface area (Å²) in [5.41, 5.74) is 1.02. The maximum Gasteiger partial charge on any atom is 0.241 e. The molecule has 124 valence electrons. The molecule has 1 aromatic carbocycles. The summed E-state index contributed by atoms with van der Waals surface area (Å²) in [6.45, 7) is 9.76. The number of sulfonamides is 1. The van der Waals surface area contributed by atoms with Crippen LogP contribution >= 0.6 is 0 Å². The standard InChI is InChI=1S/C16H26N2O3S/c1-6-12(2)18-15(19)11-17-22(20,21)14-9-7-13(8-10-14)16(3,4)5/h7-10,12,17H,6,11H2,1-5H3,(H,18,19). The van der Waals surface area contributed by atoms with E-state index in [1.165, 1.54) is 0 Å². The van der Waals surface area contributed by atoms with Crippen molar-refractivity contribution in [1.29, 1.82) is 0 Å². The molecular formula is C16H26N2O3S. The first-order chi connectivity index (χ1) is 10.1. The van der Waals surface area contributed by atoms with Crippen LogP contribution in [0.4, 0.5) is 0 Å². The van der Waals surface area contributed by atoms with Crippen molar-refractivity contribution in [3.8, 4) is 0 Å². The highest BCUT2D eigenvalue weighted by atomic mass is 32.2. The van der Waals surface area contributed by atoms with E-state index in [1.54, 1.807) is 24.3 Å². The first-order valence-electron chi connectivity index (χ1n) is 7.46. The summed E-state index contributed by atoms with van der Waals surface area (Å²) in [4.78, 5) is 11.8. The third kappa shape index (κ3) is 5.42. The minimum Gasteiger partial charge on any atom is -0.353 e. The molecule has 1 aromatic rings. The predicted molar refractivity (Wildman–Crippen MR) is 88.2 cm³/mol. The smallest absolute Gasteiger partial charge is 0.241 e. The zero-order chi connectivity index (χ0) is 17.0. The normalized spacial score (nSPS) is 13.7. The second kappa shape index (κ2) is 7.24. The highest BCUT2D eigenvalue weighted by molar-refractivity contribution is 7.89. The van der Waals surface area contributed by atoms with Crippen molar-refractivity contribution in [3.05, 3.63) is 29.8 Å². The Morgan fingerprint density at radius 1 is 1.18 bits per heavy atom. The Morgan fingerprint density at radius 2 is 1.73 bits per heavy atom. The topological polar surface area (TPSA) is 75.3 Å². The Morgan fingerprint density at radius 3 is 2.18 bits per heavy atom. The molecule has 0 aromatic heterocycles. The van der Waals surface area contributed by atoms with Crippen LogP contribution in [0.1, 0.15) is 46.6 Å². The summed E-state index contributed by atoms with van der Waals surface area (Å²) in [6, 6.07) is 6.76. The van der Waals surface area contributed by atoms with Crippen LogP contribution in [-0.4, -0.2) is 26.9 Å². The molecule has 1 atom stereocenters. The lowest BCUT2D eigenvalue weighted by Crippen LogP contribution is -2.40. The van der Waals surface area contributed by atoms with Crippen LogP contribution in [0.5, 0.6) is 0 Å². The van der Waals surface area contributed by atoms with Crippen LogP contribution in [-0.2, 0) is 20.2 Å². The summed E-state index contributed by atoms with van der Waals surface area (Å²) >= 11 is 0. The highest BCUT2D eigenvalue weighted by Crippen LogP contribution is 2.23. The van der Waals surface area contributed by atoms with E-state index in [1.807, 2.05) is 13.8 Å². The van der Waals surface area contributed by atoms with Gasteiger partial charge in [0.15, 0.2) is 0 Å². The van der Waals surface area contributed by atoms with E-state index in [9.17, 15) is 13.2 Å². The van der Waals surface area contributed by atoms with Crippen LogP contribution in [0.2, 0.25) is 0 Å². The van der Waals surface area contributed by atoms with Crippen LogP contribution in [0.25, 0.3) is 0 Å². The van der Waals surface area contributed by atoms with E-state index in [4.69, 9.17) is 0 Å². The van der Waals surface area contributed by atoms with Crippen molar-refractivity contribution in [2.24, 2.45) is 0 Å². The van der Waals surface area contributed by atoms with Gasteiger partial charge >= 0.3 is 0 Å². The number of rotatable bonds is 6. The lowest BCUT2D eigenvalue weighted by Gasteiger charge is -2.19. The number of amides is 1. The van der Waals surface area contributed by atoms with Gasteiger partial charge in [-0.3, -0.25) is 4.79 Å². The van der Waals surface area contributed by atoms with Crippen LogP contribution < -0.4 is 10.0 Å². The predicted octanol–water partition coefficient (Wildman–Crippen LogP) is 2.18. The van der Waals surface area contributed by atoms with E-state index in [0.717, 1.165) is 12.0 Å². The van der Waals surface area contributed by atoms with Gasteiger partial charge in [0.25, 0.3) is 0 Å². The first-order valence-corrected chi connectivity index (χ1v) is 8.94. The fraction of sp³-hybridized carbons (Fsp3) is 0.562. The Bertz CT molecular complexity index is 601. The summed E-state index contributed by atoms with van der Waals surface area (Å²) in [7, 11) is -3.67. The maximum absolute atomic E-state index is 12.2. The quantitative estimate of drug-likeness (QED) is 0.841. The fourth-order valence-corrected chi connectivity index (χ4v) is 2.79. The molecule has 0 heterocycles.